The van der Waals surface area contributed by atoms with Gasteiger partial charge >= 0.3 is 0 Å². The number of carbonyl (C=O) groups is 2. The Morgan fingerprint density at radius 2 is 2.07 bits per heavy atom. The van der Waals surface area contributed by atoms with Crippen LogP contribution in [0.4, 0.5) is 0 Å². The SMILES string of the molecule is CC(C)(C)Cn1c(C(=O)N2Cc3ccccc3C(=O)N2)cc2cnc(C#N)nc21. The maximum atomic E-state index is 13.4. The highest BCUT2D eigenvalue weighted by Crippen LogP contribution is 2.26. The Labute approximate surface area is 167 Å². The number of carbonyl (C=O) groups excluding carboxylic acids is 2. The smallest absolute Gasteiger partial charge is 0.289 e. The molecule has 0 atom stereocenters. The molecule has 0 saturated carbocycles. The highest BCUT2D eigenvalue weighted by atomic mass is 16.2. The second-order valence-electron chi connectivity index (χ2n) is 8.25. The largest absolute Gasteiger partial charge is 0.321 e. The lowest BCUT2D eigenvalue weighted by atomic mass is 9.97. The summed E-state index contributed by atoms with van der Waals surface area (Å²) < 4.78 is 1.80. The van der Waals surface area contributed by atoms with Gasteiger partial charge in [-0.05, 0) is 23.1 Å². The topological polar surface area (TPSA) is 104 Å². The standard InChI is InChI=1S/C21H20N6O2/c1-21(2,3)12-26-16(8-14-10-23-17(9-22)24-18(14)26)20(29)27-11-13-6-4-5-7-15(13)19(28)25-27/h4-8,10H,11-12H2,1-3H3,(H,25,28). The van der Waals surface area contributed by atoms with E-state index in [2.05, 4.69) is 36.2 Å². The number of rotatable bonds is 2. The summed E-state index contributed by atoms with van der Waals surface area (Å²) in [4.78, 5) is 34.1. The van der Waals surface area contributed by atoms with Gasteiger partial charge in [0, 0.05) is 23.7 Å². The summed E-state index contributed by atoms with van der Waals surface area (Å²) >= 11 is 0. The van der Waals surface area contributed by atoms with Crippen molar-refractivity contribution in [2.45, 2.75) is 33.9 Å². The minimum Gasteiger partial charge on any atom is -0.321 e. The van der Waals surface area contributed by atoms with E-state index in [1.807, 2.05) is 18.2 Å². The van der Waals surface area contributed by atoms with Crippen molar-refractivity contribution >= 4 is 22.8 Å². The number of hydrogen-bond donors (Lipinski definition) is 1. The van der Waals surface area contributed by atoms with Gasteiger partial charge in [0.2, 0.25) is 5.82 Å². The average molecular weight is 388 g/mol. The number of hydrazine groups is 1. The minimum absolute atomic E-state index is 0.0463. The molecule has 0 spiro atoms. The van der Waals surface area contributed by atoms with Gasteiger partial charge < -0.3 is 4.57 Å². The maximum absolute atomic E-state index is 13.4. The Morgan fingerprint density at radius 3 is 2.79 bits per heavy atom. The second kappa shape index (κ2) is 6.71. The van der Waals surface area contributed by atoms with E-state index in [4.69, 9.17) is 5.26 Å². The zero-order valence-electron chi connectivity index (χ0n) is 16.4. The second-order valence-corrected chi connectivity index (χ2v) is 8.25. The van der Waals surface area contributed by atoms with Crippen LogP contribution in [0.2, 0.25) is 0 Å². The molecular formula is C21H20N6O2. The summed E-state index contributed by atoms with van der Waals surface area (Å²) in [5.74, 6) is -0.608. The van der Waals surface area contributed by atoms with Crippen LogP contribution in [0.25, 0.3) is 11.0 Å². The lowest BCUT2D eigenvalue weighted by Crippen LogP contribution is -2.49. The van der Waals surface area contributed by atoms with Crippen molar-refractivity contribution in [3.63, 3.8) is 0 Å². The molecule has 0 fully saturated rings. The zero-order chi connectivity index (χ0) is 20.8. The number of amides is 2. The van der Waals surface area contributed by atoms with Crippen LogP contribution in [0.1, 0.15) is 53.0 Å². The van der Waals surface area contributed by atoms with Crippen molar-refractivity contribution in [3.05, 3.63) is 59.2 Å². The van der Waals surface area contributed by atoms with Gasteiger partial charge in [0.15, 0.2) is 0 Å². The van der Waals surface area contributed by atoms with Gasteiger partial charge in [-0.2, -0.15) is 5.26 Å². The van der Waals surface area contributed by atoms with E-state index in [9.17, 15) is 9.59 Å². The monoisotopic (exact) mass is 388 g/mol. The van der Waals surface area contributed by atoms with Gasteiger partial charge in [-0.1, -0.05) is 39.0 Å². The first kappa shape index (κ1) is 18.6. The molecule has 29 heavy (non-hydrogen) atoms. The van der Waals surface area contributed by atoms with E-state index in [0.29, 0.717) is 28.8 Å². The molecule has 3 aromatic rings. The number of aromatic nitrogens is 3. The fourth-order valence-electron chi connectivity index (χ4n) is 3.44. The summed E-state index contributed by atoms with van der Waals surface area (Å²) in [5, 5.41) is 11.1. The first-order chi connectivity index (χ1) is 13.8. The first-order valence-corrected chi connectivity index (χ1v) is 9.24. The molecule has 3 heterocycles. The van der Waals surface area contributed by atoms with Crippen LogP contribution in [0.15, 0.2) is 36.5 Å². The summed E-state index contributed by atoms with van der Waals surface area (Å²) in [5.41, 5.74) is 4.80. The number of benzene rings is 1. The van der Waals surface area contributed by atoms with Crippen molar-refractivity contribution in [2.24, 2.45) is 5.41 Å². The van der Waals surface area contributed by atoms with E-state index >= 15 is 0 Å². The van der Waals surface area contributed by atoms with Gasteiger partial charge in [0.25, 0.3) is 11.8 Å². The van der Waals surface area contributed by atoms with Gasteiger partial charge in [-0.25, -0.2) is 15.0 Å². The van der Waals surface area contributed by atoms with Crippen molar-refractivity contribution in [1.82, 2.24) is 25.0 Å². The normalized spacial score (nSPS) is 13.7. The molecule has 1 aliphatic heterocycles. The van der Waals surface area contributed by atoms with Gasteiger partial charge in [0.05, 0.1) is 6.54 Å². The average Bonchev–Trinajstić information content (AvgIpc) is 3.03. The van der Waals surface area contributed by atoms with E-state index in [1.54, 1.807) is 29.0 Å². The van der Waals surface area contributed by atoms with Gasteiger partial charge in [-0.3, -0.25) is 15.0 Å². The third kappa shape index (κ3) is 3.43. The first-order valence-electron chi connectivity index (χ1n) is 9.24. The molecule has 8 heteroatoms. The highest BCUT2D eigenvalue weighted by Gasteiger charge is 2.30. The highest BCUT2D eigenvalue weighted by molar-refractivity contribution is 6.02. The maximum Gasteiger partial charge on any atom is 0.289 e. The molecule has 1 aromatic carbocycles. The van der Waals surface area contributed by atoms with Crippen molar-refractivity contribution in [3.8, 4) is 6.07 Å². The third-order valence-electron chi connectivity index (χ3n) is 4.66. The van der Waals surface area contributed by atoms with E-state index in [-0.39, 0.29) is 29.6 Å². The molecule has 1 aliphatic rings. The van der Waals surface area contributed by atoms with Crippen LogP contribution in [-0.2, 0) is 13.1 Å². The van der Waals surface area contributed by atoms with Crippen molar-refractivity contribution < 1.29 is 9.59 Å². The van der Waals surface area contributed by atoms with E-state index in [0.717, 1.165) is 5.56 Å². The Kier molecular flexibility index (Phi) is 4.31. The fraction of sp³-hybridized carbons (Fsp3) is 0.286. The number of nitriles is 1. The molecule has 0 unspecified atom stereocenters. The fourth-order valence-corrected chi connectivity index (χ4v) is 3.44. The predicted octanol–water partition coefficient (Wildman–Crippen LogP) is 2.65. The molecule has 0 aliphatic carbocycles. The summed E-state index contributed by atoms with van der Waals surface area (Å²) in [6.45, 7) is 6.94. The summed E-state index contributed by atoms with van der Waals surface area (Å²) in [7, 11) is 0. The molecule has 2 amide bonds. The van der Waals surface area contributed by atoms with Gasteiger partial charge in [-0.15, -0.1) is 0 Å². The zero-order valence-corrected chi connectivity index (χ0v) is 16.4. The van der Waals surface area contributed by atoms with Crippen LogP contribution < -0.4 is 5.43 Å². The molecule has 146 valence electrons. The minimum atomic E-state index is -0.339. The number of hydrogen-bond acceptors (Lipinski definition) is 5. The Bertz CT molecular complexity index is 1180. The predicted molar refractivity (Wildman–Crippen MR) is 105 cm³/mol. The number of nitrogens with one attached hydrogen (secondary N) is 1. The Morgan fingerprint density at radius 1 is 1.31 bits per heavy atom. The molecule has 0 radical (unpaired) electrons. The molecular weight excluding hydrogens is 368 g/mol. The Hall–Kier alpha value is -3.73. The van der Waals surface area contributed by atoms with Crippen molar-refractivity contribution in [1.29, 1.82) is 5.26 Å². The molecule has 0 saturated heterocycles. The number of fused-ring (bicyclic) bond motifs is 2. The number of nitrogens with zero attached hydrogens (tertiary/aromatic N) is 5. The molecule has 2 aromatic heterocycles. The van der Waals surface area contributed by atoms with Crippen LogP contribution in [-0.4, -0.2) is 31.4 Å². The van der Waals surface area contributed by atoms with E-state index in [1.165, 1.54) is 5.01 Å². The molecule has 0 bridgehead atoms. The van der Waals surface area contributed by atoms with Gasteiger partial charge in [0.1, 0.15) is 17.4 Å². The Balaban J connectivity index is 1.79. The van der Waals surface area contributed by atoms with Crippen molar-refractivity contribution in [2.75, 3.05) is 0 Å². The quantitative estimate of drug-likeness (QED) is 0.727. The van der Waals surface area contributed by atoms with Crippen LogP contribution in [0.3, 0.4) is 0 Å². The van der Waals surface area contributed by atoms with E-state index < -0.39 is 0 Å². The summed E-state index contributed by atoms with van der Waals surface area (Å²) in [6.07, 6.45) is 1.54. The van der Waals surface area contributed by atoms with Crippen LogP contribution in [0, 0.1) is 16.7 Å². The summed E-state index contributed by atoms with van der Waals surface area (Å²) in [6, 6.07) is 10.9. The molecule has 4 rings (SSSR count). The molecule has 1 N–H and O–H groups in total. The third-order valence-corrected chi connectivity index (χ3v) is 4.66. The lowest BCUT2D eigenvalue weighted by molar-refractivity contribution is 0.0530. The lowest BCUT2D eigenvalue weighted by Gasteiger charge is -2.30. The van der Waals surface area contributed by atoms with Crippen LogP contribution in [0.5, 0.6) is 0 Å². The molecule has 8 nitrogen and oxygen atoms in total. The van der Waals surface area contributed by atoms with Crippen LogP contribution >= 0.6 is 0 Å².